The monoisotopic (exact) mass is 238 g/mol. The second-order valence-electron chi connectivity index (χ2n) is 3.48. The Bertz CT molecular complexity index is 273. The quantitative estimate of drug-likeness (QED) is 0.761. The van der Waals surface area contributed by atoms with Crippen molar-refractivity contribution in [2.75, 3.05) is 20.1 Å². The van der Waals surface area contributed by atoms with Crippen LogP contribution in [0, 0.1) is 17.2 Å². The van der Waals surface area contributed by atoms with Gasteiger partial charge in [-0.05, 0) is 20.0 Å². The van der Waals surface area contributed by atoms with Crippen molar-refractivity contribution in [1.29, 1.82) is 5.26 Å². The predicted octanol–water partition coefficient (Wildman–Crippen LogP) is 1.49. The molecule has 0 saturated carbocycles. The maximum absolute atomic E-state index is 12.2. The fraction of sp³-hybridized carbons (Fsp3) is 0.778. The smallest absolute Gasteiger partial charge is 0.405 e. The molecule has 0 radical (unpaired) electrons. The number of halogens is 3. The van der Waals surface area contributed by atoms with E-state index in [0.717, 1.165) is 0 Å². The van der Waals surface area contributed by atoms with Gasteiger partial charge in [0.1, 0.15) is 0 Å². The van der Waals surface area contributed by atoms with E-state index in [1.54, 1.807) is 0 Å². The van der Waals surface area contributed by atoms with Crippen molar-refractivity contribution in [3.63, 3.8) is 0 Å². The number of carbonyl (C=O) groups is 1. The number of aliphatic carboxylic acids is 1. The SMILES string of the molecule is CN(CCCC(=O)O)CC(C#N)C(F)(F)F. The fourth-order valence-electron chi connectivity index (χ4n) is 1.12. The second kappa shape index (κ2) is 6.33. The summed E-state index contributed by atoms with van der Waals surface area (Å²) in [5.41, 5.74) is 0. The molecule has 92 valence electrons. The van der Waals surface area contributed by atoms with Gasteiger partial charge in [0, 0.05) is 13.0 Å². The van der Waals surface area contributed by atoms with Crippen LogP contribution in [0.4, 0.5) is 13.2 Å². The molecule has 0 saturated heterocycles. The van der Waals surface area contributed by atoms with Crippen LogP contribution in [0.2, 0.25) is 0 Å². The van der Waals surface area contributed by atoms with Crippen LogP contribution in [-0.4, -0.2) is 42.3 Å². The summed E-state index contributed by atoms with van der Waals surface area (Å²) in [4.78, 5) is 11.5. The molecule has 0 aromatic rings. The van der Waals surface area contributed by atoms with Gasteiger partial charge in [-0.25, -0.2) is 0 Å². The summed E-state index contributed by atoms with van der Waals surface area (Å²) < 4.78 is 36.6. The first-order chi connectivity index (χ1) is 7.27. The Hall–Kier alpha value is -1.29. The molecule has 1 unspecified atom stereocenters. The van der Waals surface area contributed by atoms with E-state index in [2.05, 4.69) is 0 Å². The van der Waals surface area contributed by atoms with Gasteiger partial charge in [0.05, 0.1) is 6.07 Å². The van der Waals surface area contributed by atoms with Crippen LogP contribution < -0.4 is 0 Å². The van der Waals surface area contributed by atoms with E-state index < -0.39 is 24.6 Å². The van der Waals surface area contributed by atoms with Crippen molar-refractivity contribution in [3.8, 4) is 6.07 Å². The molecule has 4 nitrogen and oxygen atoms in total. The maximum atomic E-state index is 12.2. The molecule has 0 fully saturated rings. The number of nitrogens with zero attached hydrogens (tertiary/aromatic N) is 2. The van der Waals surface area contributed by atoms with Gasteiger partial charge in [-0.1, -0.05) is 0 Å². The lowest BCUT2D eigenvalue weighted by Crippen LogP contribution is -2.34. The minimum Gasteiger partial charge on any atom is -0.481 e. The molecular formula is C9H13F3N2O2. The first kappa shape index (κ1) is 14.7. The van der Waals surface area contributed by atoms with Gasteiger partial charge in [-0.3, -0.25) is 4.79 Å². The Kier molecular flexibility index (Phi) is 5.82. The standard InChI is InChI=1S/C9H13F3N2O2/c1-14(4-2-3-8(15)16)6-7(5-13)9(10,11)12/h7H,2-4,6H2,1H3,(H,15,16). The molecule has 16 heavy (non-hydrogen) atoms. The Balaban J connectivity index is 3.99. The Morgan fingerprint density at radius 3 is 2.50 bits per heavy atom. The summed E-state index contributed by atoms with van der Waals surface area (Å²) in [7, 11) is 1.43. The van der Waals surface area contributed by atoms with E-state index in [-0.39, 0.29) is 19.4 Å². The molecule has 0 spiro atoms. The number of alkyl halides is 3. The average Bonchev–Trinajstić information content (AvgIpc) is 2.11. The zero-order chi connectivity index (χ0) is 12.8. The first-order valence-electron chi connectivity index (χ1n) is 4.64. The number of carboxylic acids is 1. The largest absolute Gasteiger partial charge is 0.481 e. The van der Waals surface area contributed by atoms with Crippen molar-refractivity contribution in [1.82, 2.24) is 4.90 Å². The highest BCUT2D eigenvalue weighted by Crippen LogP contribution is 2.26. The van der Waals surface area contributed by atoms with E-state index in [0.29, 0.717) is 0 Å². The van der Waals surface area contributed by atoms with E-state index >= 15 is 0 Å². The molecule has 0 aliphatic rings. The maximum Gasteiger partial charge on any atom is 0.405 e. The molecule has 7 heteroatoms. The Labute approximate surface area is 91.3 Å². The molecule has 0 rings (SSSR count). The van der Waals surface area contributed by atoms with Crippen molar-refractivity contribution in [2.45, 2.75) is 19.0 Å². The third kappa shape index (κ3) is 6.24. The highest BCUT2D eigenvalue weighted by molar-refractivity contribution is 5.66. The van der Waals surface area contributed by atoms with Crippen LogP contribution in [0.5, 0.6) is 0 Å². The fourth-order valence-corrected chi connectivity index (χ4v) is 1.12. The van der Waals surface area contributed by atoms with Crippen LogP contribution in [0.15, 0.2) is 0 Å². The first-order valence-corrected chi connectivity index (χ1v) is 4.64. The zero-order valence-electron chi connectivity index (χ0n) is 8.79. The number of rotatable bonds is 6. The molecule has 0 aromatic carbocycles. The minimum atomic E-state index is -4.53. The van der Waals surface area contributed by atoms with E-state index in [1.165, 1.54) is 18.0 Å². The van der Waals surface area contributed by atoms with Gasteiger partial charge in [0.25, 0.3) is 0 Å². The number of hydrogen-bond acceptors (Lipinski definition) is 3. The summed E-state index contributed by atoms with van der Waals surface area (Å²) >= 11 is 0. The van der Waals surface area contributed by atoms with E-state index in [4.69, 9.17) is 10.4 Å². The number of hydrogen-bond donors (Lipinski definition) is 1. The van der Waals surface area contributed by atoms with Crippen LogP contribution in [0.3, 0.4) is 0 Å². The molecule has 0 amide bonds. The van der Waals surface area contributed by atoms with Crippen LogP contribution in [0.25, 0.3) is 0 Å². The predicted molar refractivity (Wildman–Crippen MR) is 49.5 cm³/mol. The van der Waals surface area contributed by atoms with Crippen molar-refractivity contribution in [2.24, 2.45) is 5.92 Å². The lowest BCUT2D eigenvalue weighted by Gasteiger charge is -2.20. The topological polar surface area (TPSA) is 64.3 Å². The van der Waals surface area contributed by atoms with Crippen LogP contribution in [-0.2, 0) is 4.79 Å². The zero-order valence-corrected chi connectivity index (χ0v) is 8.79. The third-order valence-electron chi connectivity index (χ3n) is 1.98. The Morgan fingerprint density at radius 2 is 2.12 bits per heavy atom. The third-order valence-corrected chi connectivity index (χ3v) is 1.98. The number of nitriles is 1. The average molecular weight is 238 g/mol. The Morgan fingerprint density at radius 1 is 1.56 bits per heavy atom. The van der Waals surface area contributed by atoms with Gasteiger partial charge in [-0.15, -0.1) is 0 Å². The highest BCUT2D eigenvalue weighted by atomic mass is 19.4. The second-order valence-corrected chi connectivity index (χ2v) is 3.48. The van der Waals surface area contributed by atoms with Gasteiger partial charge < -0.3 is 10.0 Å². The van der Waals surface area contributed by atoms with E-state index in [9.17, 15) is 18.0 Å². The van der Waals surface area contributed by atoms with E-state index in [1.807, 2.05) is 0 Å². The number of carboxylic acid groups (broad SMARTS) is 1. The molecule has 1 N–H and O–H groups in total. The molecule has 0 aliphatic carbocycles. The molecule has 0 bridgehead atoms. The minimum absolute atomic E-state index is 0.0897. The molecule has 0 heterocycles. The molecule has 0 aliphatic heterocycles. The van der Waals surface area contributed by atoms with Gasteiger partial charge >= 0.3 is 12.1 Å². The summed E-state index contributed by atoms with van der Waals surface area (Å²) in [5.74, 6) is -3.01. The van der Waals surface area contributed by atoms with Crippen molar-refractivity contribution in [3.05, 3.63) is 0 Å². The summed E-state index contributed by atoms with van der Waals surface area (Å²) in [6.07, 6.45) is -4.36. The molecular weight excluding hydrogens is 225 g/mol. The lowest BCUT2D eigenvalue weighted by molar-refractivity contribution is -0.162. The highest BCUT2D eigenvalue weighted by Gasteiger charge is 2.40. The van der Waals surface area contributed by atoms with Gasteiger partial charge in [-0.2, -0.15) is 18.4 Å². The van der Waals surface area contributed by atoms with Crippen molar-refractivity contribution < 1.29 is 23.1 Å². The molecule has 0 aromatic heterocycles. The van der Waals surface area contributed by atoms with Gasteiger partial charge in [0.2, 0.25) is 0 Å². The van der Waals surface area contributed by atoms with Crippen LogP contribution in [0.1, 0.15) is 12.8 Å². The summed E-state index contributed by atoms with van der Waals surface area (Å²) in [6.45, 7) is -0.208. The van der Waals surface area contributed by atoms with Crippen LogP contribution >= 0.6 is 0 Å². The summed E-state index contributed by atoms with van der Waals surface area (Å²) in [6, 6.07) is 1.19. The normalized spacial score (nSPS) is 13.5. The molecule has 1 atom stereocenters. The van der Waals surface area contributed by atoms with Gasteiger partial charge in [0.15, 0.2) is 5.92 Å². The van der Waals surface area contributed by atoms with Crippen molar-refractivity contribution >= 4 is 5.97 Å². The summed E-state index contributed by atoms with van der Waals surface area (Å²) in [5, 5.41) is 16.7. The lowest BCUT2D eigenvalue weighted by atomic mass is 10.1.